The van der Waals surface area contributed by atoms with Gasteiger partial charge in [-0.2, -0.15) is 5.10 Å². The van der Waals surface area contributed by atoms with Gasteiger partial charge in [0.15, 0.2) is 5.82 Å². The Hall–Kier alpha value is -1.84. The second-order valence-corrected chi connectivity index (χ2v) is 3.90. The van der Waals surface area contributed by atoms with Crippen molar-refractivity contribution >= 4 is 0 Å². The first-order valence-electron chi connectivity index (χ1n) is 5.26. The van der Waals surface area contributed by atoms with Crippen LogP contribution in [-0.4, -0.2) is 21.9 Å². The van der Waals surface area contributed by atoms with E-state index in [1.807, 2.05) is 24.3 Å². The molecule has 0 aliphatic heterocycles. The Bertz CT molecular complexity index is 477. The molecule has 0 atom stereocenters. The summed E-state index contributed by atoms with van der Waals surface area (Å²) in [6.07, 6.45) is 1.73. The Kier molecular flexibility index (Phi) is 2.90. The van der Waals surface area contributed by atoms with Crippen LogP contribution >= 0.6 is 0 Å². The lowest BCUT2D eigenvalue weighted by Crippen LogP contribution is -1.97. The van der Waals surface area contributed by atoms with E-state index < -0.39 is 0 Å². The molecule has 1 aromatic carbocycles. The van der Waals surface area contributed by atoms with Crippen molar-refractivity contribution in [3.8, 4) is 11.4 Å². The van der Waals surface area contributed by atoms with Crippen LogP contribution in [0.2, 0.25) is 0 Å². The van der Waals surface area contributed by atoms with Gasteiger partial charge < -0.3 is 4.74 Å². The van der Waals surface area contributed by atoms with Gasteiger partial charge in [0.2, 0.25) is 0 Å². The maximum Gasteiger partial charge on any atom is 0.153 e. The maximum atomic E-state index is 5.17. The van der Waals surface area contributed by atoms with Crippen molar-refractivity contribution in [2.75, 3.05) is 7.11 Å². The quantitative estimate of drug-likeness (QED) is 0.792. The molecule has 0 aliphatic rings. The van der Waals surface area contributed by atoms with Crippen molar-refractivity contribution in [2.45, 2.75) is 19.8 Å². The Balaban J connectivity index is 2.34. The smallest absolute Gasteiger partial charge is 0.153 e. The van der Waals surface area contributed by atoms with Gasteiger partial charge in [0.25, 0.3) is 0 Å². The first-order chi connectivity index (χ1) is 7.70. The van der Waals surface area contributed by atoms with E-state index in [2.05, 4.69) is 23.9 Å². The standard InChI is InChI=1S/C12H15N3O/c1-9(2)12-13-8-15(14-12)10-5-4-6-11(7-10)16-3/h4-9H,1-3H3. The summed E-state index contributed by atoms with van der Waals surface area (Å²) in [6.45, 7) is 4.15. The molecule has 1 aromatic heterocycles. The zero-order valence-electron chi connectivity index (χ0n) is 9.71. The molecule has 0 amide bonds. The molecular weight excluding hydrogens is 202 g/mol. The fourth-order valence-electron chi connectivity index (χ4n) is 1.42. The highest BCUT2D eigenvalue weighted by atomic mass is 16.5. The molecule has 4 heteroatoms. The van der Waals surface area contributed by atoms with Crippen molar-refractivity contribution in [2.24, 2.45) is 0 Å². The van der Waals surface area contributed by atoms with Crippen LogP contribution in [0.15, 0.2) is 30.6 Å². The minimum Gasteiger partial charge on any atom is -0.497 e. The van der Waals surface area contributed by atoms with Crippen LogP contribution in [-0.2, 0) is 0 Å². The summed E-state index contributed by atoms with van der Waals surface area (Å²) >= 11 is 0. The highest BCUT2D eigenvalue weighted by Gasteiger charge is 2.06. The third-order valence-corrected chi connectivity index (χ3v) is 2.34. The number of aromatic nitrogens is 3. The van der Waals surface area contributed by atoms with E-state index >= 15 is 0 Å². The van der Waals surface area contributed by atoms with E-state index in [1.165, 1.54) is 0 Å². The molecule has 2 rings (SSSR count). The lowest BCUT2D eigenvalue weighted by molar-refractivity contribution is 0.414. The average molecular weight is 217 g/mol. The van der Waals surface area contributed by atoms with Crippen molar-refractivity contribution in [3.05, 3.63) is 36.4 Å². The third kappa shape index (κ3) is 2.05. The largest absolute Gasteiger partial charge is 0.497 e. The summed E-state index contributed by atoms with van der Waals surface area (Å²) in [5, 5.41) is 4.41. The highest BCUT2D eigenvalue weighted by Crippen LogP contribution is 2.16. The molecule has 0 bridgehead atoms. The van der Waals surface area contributed by atoms with E-state index in [0.29, 0.717) is 5.92 Å². The topological polar surface area (TPSA) is 39.9 Å². The summed E-state index contributed by atoms with van der Waals surface area (Å²) in [4.78, 5) is 4.26. The molecule has 2 aromatic rings. The number of nitrogens with zero attached hydrogens (tertiary/aromatic N) is 3. The fourth-order valence-corrected chi connectivity index (χ4v) is 1.42. The van der Waals surface area contributed by atoms with Gasteiger partial charge in [-0.3, -0.25) is 0 Å². The predicted molar refractivity (Wildman–Crippen MR) is 62.0 cm³/mol. The highest BCUT2D eigenvalue weighted by molar-refractivity contribution is 5.38. The van der Waals surface area contributed by atoms with Gasteiger partial charge in [-0.25, -0.2) is 9.67 Å². The maximum absolute atomic E-state index is 5.17. The first-order valence-corrected chi connectivity index (χ1v) is 5.26. The molecule has 0 unspecified atom stereocenters. The summed E-state index contributed by atoms with van der Waals surface area (Å²) < 4.78 is 6.93. The molecule has 0 spiro atoms. The zero-order valence-corrected chi connectivity index (χ0v) is 9.71. The number of benzene rings is 1. The molecule has 0 fully saturated rings. The predicted octanol–water partition coefficient (Wildman–Crippen LogP) is 2.40. The van der Waals surface area contributed by atoms with Crippen molar-refractivity contribution in [1.29, 1.82) is 0 Å². The van der Waals surface area contributed by atoms with Crippen LogP contribution in [0.3, 0.4) is 0 Å². The lowest BCUT2D eigenvalue weighted by atomic mass is 10.2. The van der Waals surface area contributed by atoms with E-state index in [-0.39, 0.29) is 0 Å². The van der Waals surface area contributed by atoms with Gasteiger partial charge in [0, 0.05) is 12.0 Å². The van der Waals surface area contributed by atoms with Gasteiger partial charge in [-0.1, -0.05) is 19.9 Å². The van der Waals surface area contributed by atoms with Crippen LogP contribution in [0, 0.1) is 0 Å². The SMILES string of the molecule is COc1cccc(-n2cnc(C(C)C)n2)c1. The Morgan fingerprint density at radius 2 is 2.12 bits per heavy atom. The Morgan fingerprint density at radius 1 is 1.31 bits per heavy atom. The molecule has 0 saturated carbocycles. The van der Waals surface area contributed by atoms with E-state index in [0.717, 1.165) is 17.3 Å². The molecule has 4 nitrogen and oxygen atoms in total. The third-order valence-electron chi connectivity index (χ3n) is 2.34. The Morgan fingerprint density at radius 3 is 2.75 bits per heavy atom. The molecule has 0 N–H and O–H groups in total. The number of ether oxygens (including phenoxy) is 1. The minimum atomic E-state index is 0.340. The van der Waals surface area contributed by atoms with Crippen LogP contribution in [0.25, 0.3) is 5.69 Å². The van der Waals surface area contributed by atoms with Gasteiger partial charge in [-0.05, 0) is 12.1 Å². The molecule has 0 aliphatic carbocycles. The molecule has 0 radical (unpaired) electrons. The molecular formula is C12H15N3O. The second kappa shape index (κ2) is 4.35. The average Bonchev–Trinajstić information content (AvgIpc) is 2.78. The van der Waals surface area contributed by atoms with Crippen molar-refractivity contribution < 1.29 is 4.74 Å². The van der Waals surface area contributed by atoms with Crippen LogP contribution < -0.4 is 4.74 Å². The van der Waals surface area contributed by atoms with E-state index in [1.54, 1.807) is 18.1 Å². The van der Waals surface area contributed by atoms with E-state index in [9.17, 15) is 0 Å². The van der Waals surface area contributed by atoms with Gasteiger partial charge in [-0.15, -0.1) is 0 Å². The summed E-state index contributed by atoms with van der Waals surface area (Å²) in [7, 11) is 1.65. The van der Waals surface area contributed by atoms with Crippen LogP contribution in [0.1, 0.15) is 25.6 Å². The van der Waals surface area contributed by atoms with E-state index in [4.69, 9.17) is 4.74 Å². The van der Waals surface area contributed by atoms with Gasteiger partial charge in [0.1, 0.15) is 12.1 Å². The fraction of sp³-hybridized carbons (Fsp3) is 0.333. The van der Waals surface area contributed by atoms with Crippen LogP contribution in [0.4, 0.5) is 0 Å². The first kappa shape index (κ1) is 10.7. The Labute approximate surface area is 94.9 Å². The summed E-state index contributed by atoms with van der Waals surface area (Å²) in [5.74, 6) is 2.01. The molecule has 84 valence electrons. The normalized spacial score (nSPS) is 10.8. The minimum absolute atomic E-state index is 0.340. The molecule has 1 heterocycles. The van der Waals surface area contributed by atoms with Crippen LogP contribution in [0.5, 0.6) is 5.75 Å². The monoisotopic (exact) mass is 217 g/mol. The number of hydrogen-bond acceptors (Lipinski definition) is 3. The summed E-state index contributed by atoms with van der Waals surface area (Å²) in [6, 6.07) is 7.74. The van der Waals surface area contributed by atoms with Gasteiger partial charge in [0.05, 0.1) is 12.8 Å². The molecule has 0 saturated heterocycles. The number of methoxy groups -OCH3 is 1. The second-order valence-electron chi connectivity index (χ2n) is 3.90. The zero-order chi connectivity index (χ0) is 11.5. The number of hydrogen-bond donors (Lipinski definition) is 0. The lowest BCUT2D eigenvalue weighted by Gasteiger charge is -2.03. The summed E-state index contributed by atoms with van der Waals surface area (Å²) in [5.41, 5.74) is 0.957. The molecule has 16 heavy (non-hydrogen) atoms. The van der Waals surface area contributed by atoms with Crippen molar-refractivity contribution in [1.82, 2.24) is 14.8 Å². The van der Waals surface area contributed by atoms with Gasteiger partial charge >= 0.3 is 0 Å². The van der Waals surface area contributed by atoms with Crippen molar-refractivity contribution in [3.63, 3.8) is 0 Å². The number of rotatable bonds is 3.